The van der Waals surface area contributed by atoms with Crippen molar-refractivity contribution < 1.29 is 0 Å². The van der Waals surface area contributed by atoms with E-state index in [4.69, 9.17) is 10.2 Å². The smallest absolute Gasteiger partial charge is 0.125 e. The van der Waals surface area contributed by atoms with Crippen molar-refractivity contribution in [1.82, 2.24) is 4.98 Å². The van der Waals surface area contributed by atoms with Gasteiger partial charge in [-0.15, -0.1) is 11.3 Å². The van der Waals surface area contributed by atoms with Crippen LogP contribution in [0.3, 0.4) is 0 Å². The highest BCUT2D eigenvalue weighted by Gasteiger charge is 2.19. The molecule has 19 heavy (non-hydrogen) atoms. The Labute approximate surface area is 118 Å². The molecule has 0 radical (unpaired) electrons. The van der Waals surface area contributed by atoms with E-state index >= 15 is 0 Å². The Morgan fingerprint density at radius 2 is 2.21 bits per heavy atom. The molecule has 0 spiro atoms. The highest BCUT2D eigenvalue weighted by Crippen LogP contribution is 2.34. The quantitative estimate of drug-likeness (QED) is 0.829. The van der Waals surface area contributed by atoms with E-state index in [9.17, 15) is 0 Å². The van der Waals surface area contributed by atoms with E-state index in [-0.39, 0.29) is 0 Å². The van der Waals surface area contributed by atoms with Crippen LogP contribution in [0.5, 0.6) is 0 Å². The van der Waals surface area contributed by atoms with Crippen molar-refractivity contribution in [2.24, 2.45) is 0 Å². The Morgan fingerprint density at radius 1 is 1.37 bits per heavy atom. The average molecular weight is 270 g/mol. The summed E-state index contributed by atoms with van der Waals surface area (Å²) >= 11 is 1.55. The number of thiophene rings is 1. The van der Waals surface area contributed by atoms with E-state index in [2.05, 4.69) is 13.0 Å². The lowest BCUT2D eigenvalue weighted by Crippen LogP contribution is -2.09. The lowest BCUT2D eigenvalue weighted by Gasteiger charge is -2.19. The third-order valence-electron chi connectivity index (χ3n) is 3.97. The van der Waals surface area contributed by atoms with Crippen LogP contribution < -0.4 is 0 Å². The number of aromatic nitrogens is 1. The summed E-state index contributed by atoms with van der Waals surface area (Å²) in [6.45, 7) is 2.24. The predicted molar refractivity (Wildman–Crippen MR) is 79.6 cm³/mol. The van der Waals surface area contributed by atoms with E-state index in [0.29, 0.717) is 0 Å². The van der Waals surface area contributed by atoms with Crippen molar-refractivity contribution in [2.75, 3.05) is 0 Å². The average Bonchev–Trinajstić information content (AvgIpc) is 2.86. The van der Waals surface area contributed by atoms with Crippen molar-refractivity contribution in [3.05, 3.63) is 27.8 Å². The molecule has 2 heterocycles. The first-order valence-electron chi connectivity index (χ1n) is 7.17. The Bertz CT molecular complexity index is 649. The summed E-state index contributed by atoms with van der Waals surface area (Å²) in [6, 6.07) is 4.32. The molecule has 2 aromatic heterocycles. The van der Waals surface area contributed by atoms with E-state index in [1.807, 2.05) is 6.07 Å². The van der Waals surface area contributed by atoms with Crippen LogP contribution >= 0.6 is 11.3 Å². The second-order valence-corrected chi connectivity index (χ2v) is 6.30. The molecule has 1 aliphatic rings. The first-order valence-corrected chi connectivity index (χ1v) is 7.99. The van der Waals surface area contributed by atoms with Crippen LogP contribution in [0.4, 0.5) is 0 Å². The third-order valence-corrected chi connectivity index (χ3v) is 4.90. The van der Waals surface area contributed by atoms with Gasteiger partial charge in [0.1, 0.15) is 15.8 Å². The van der Waals surface area contributed by atoms with Crippen molar-refractivity contribution >= 4 is 21.6 Å². The Hall–Kier alpha value is -1.40. The first-order chi connectivity index (χ1) is 9.33. The van der Waals surface area contributed by atoms with Gasteiger partial charge in [0.05, 0.1) is 0 Å². The highest BCUT2D eigenvalue weighted by molar-refractivity contribution is 7.19. The van der Waals surface area contributed by atoms with Gasteiger partial charge in [0.2, 0.25) is 0 Å². The molecule has 1 aliphatic carbocycles. The second-order valence-electron chi connectivity index (χ2n) is 5.27. The molecule has 0 saturated carbocycles. The molecule has 0 bridgehead atoms. The fourth-order valence-corrected chi connectivity index (χ4v) is 3.88. The van der Waals surface area contributed by atoms with Crippen LogP contribution in [0.2, 0.25) is 0 Å². The van der Waals surface area contributed by atoms with Crippen molar-refractivity contribution in [3.8, 4) is 6.07 Å². The largest absolute Gasteiger partial charge is 0.242 e. The summed E-state index contributed by atoms with van der Waals surface area (Å²) in [6.07, 6.45) is 8.42. The van der Waals surface area contributed by atoms with Gasteiger partial charge in [0.25, 0.3) is 0 Å². The van der Waals surface area contributed by atoms with E-state index in [0.717, 1.165) is 22.5 Å². The van der Waals surface area contributed by atoms with Gasteiger partial charge in [-0.3, -0.25) is 0 Å². The fourth-order valence-electron chi connectivity index (χ4n) is 3.00. The van der Waals surface area contributed by atoms with Gasteiger partial charge >= 0.3 is 0 Å². The summed E-state index contributed by atoms with van der Waals surface area (Å²) in [5.41, 5.74) is 4.28. The van der Waals surface area contributed by atoms with Crippen LogP contribution in [0, 0.1) is 11.3 Å². The molecule has 0 atom stereocenters. The zero-order valence-electron chi connectivity index (χ0n) is 11.3. The van der Waals surface area contributed by atoms with Crippen molar-refractivity contribution in [2.45, 2.75) is 51.9 Å². The highest BCUT2D eigenvalue weighted by atomic mass is 32.1. The van der Waals surface area contributed by atoms with Gasteiger partial charge in [-0.05, 0) is 55.7 Å². The SMILES string of the molecule is CCCCc1c2c(nc3sc(C#N)cc13)CCCC2. The van der Waals surface area contributed by atoms with E-state index in [1.54, 1.807) is 11.3 Å². The number of aryl methyl sites for hydroxylation is 2. The number of nitriles is 1. The fraction of sp³-hybridized carbons (Fsp3) is 0.500. The predicted octanol–water partition coefficient (Wildman–Crippen LogP) is 4.39. The van der Waals surface area contributed by atoms with Gasteiger partial charge in [0.15, 0.2) is 0 Å². The molecule has 98 valence electrons. The molecule has 2 aromatic rings. The van der Waals surface area contributed by atoms with Gasteiger partial charge in [-0.25, -0.2) is 4.98 Å². The van der Waals surface area contributed by atoms with Crippen molar-refractivity contribution in [1.29, 1.82) is 5.26 Å². The molecular formula is C16H18N2S. The molecular weight excluding hydrogens is 252 g/mol. The summed E-state index contributed by atoms with van der Waals surface area (Å²) in [7, 11) is 0. The molecule has 0 amide bonds. The molecule has 0 fully saturated rings. The van der Waals surface area contributed by atoms with E-state index < -0.39 is 0 Å². The molecule has 3 rings (SSSR count). The molecule has 2 nitrogen and oxygen atoms in total. The van der Waals surface area contributed by atoms with Crippen LogP contribution in [0.15, 0.2) is 6.07 Å². The number of hydrogen-bond acceptors (Lipinski definition) is 3. The lowest BCUT2D eigenvalue weighted by atomic mass is 9.89. The molecule has 0 aromatic carbocycles. The molecule has 0 N–H and O–H groups in total. The maximum Gasteiger partial charge on any atom is 0.125 e. The summed E-state index contributed by atoms with van der Waals surface area (Å²) in [5, 5.41) is 10.3. The minimum Gasteiger partial charge on any atom is -0.242 e. The molecule has 0 aliphatic heterocycles. The number of rotatable bonds is 3. The summed E-state index contributed by atoms with van der Waals surface area (Å²) < 4.78 is 0. The number of nitrogens with zero attached hydrogens (tertiary/aromatic N) is 2. The number of pyridine rings is 1. The second kappa shape index (κ2) is 5.30. The standard InChI is InChI=1S/C16H18N2S/c1-2-3-6-12-13-7-4-5-8-15(13)18-16-14(12)9-11(10-17)19-16/h9H,2-8H2,1H3. The van der Waals surface area contributed by atoms with Crippen LogP contribution in [-0.2, 0) is 19.3 Å². The van der Waals surface area contributed by atoms with Gasteiger partial charge in [-0.1, -0.05) is 13.3 Å². The number of fused-ring (bicyclic) bond motifs is 2. The normalized spacial score (nSPS) is 14.3. The van der Waals surface area contributed by atoms with Crippen molar-refractivity contribution in [3.63, 3.8) is 0 Å². The number of unbranched alkanes of at least 4 members (excludes halogenated alkanes) is 1. The van der Waals surface area contributed by atoms with Gasteiger partial charge < -0.3 is 0 Å². The topological polar surface area (TPSA) is 36.7 Å². The Morgan fingerprint density at radius 3 is 3.00 bits per heavy atom. The maximum atomic E-state index is 9.10. The van der Waals surface area contributed by atoms with E-state index in [1.165, 1.54) is 54.3 Å². The monoisotopic (exact) mass is 270 g/mol. The van der Waals surface area contributed by atoms with Crippen LogP contribution in [0.25, 0.3) is 10.2 Å². The molecule has 0 unspecified atom stereocenters. The van der Waals surface area contributed by atoms with Crippen LogP contribution in [-0.4, -0.2) is 4.98 Å². The zero-order chi connectivity index (χ0) is 13.2. The minimum absolute atomic E-state index is 0.794. The first kappa shape index (κ1) is 12.6. The Kier molecular flexibility index (Phi) is 3.52. The zero-order valence-corrected chi connectivity index (χ0v) is 12.1. The van der Waals surface area contributed by atoms with Gasteiger partial charge in [-0.2, -0.15) is 5.26 Å². The number of hydrogen-bond donors (Lipinski definition) is 0. The summed E-state index contributed by atoms with van der Waals surface area (Å²) in [5.74, 6) is 0. The Balaban J connectivity index is 2.20. The lowest BCUT2D eigenvalue weighted by molar-refractivity contribution is 0.660. The molecule has 3 heteroatoms. The van der Waals surface area contributed by atoms with Crippen LogP contribution in [0.1, 0.15) is 54.3 Å². The maximum absolute atomic E-state index is 9.10. The third kappa shape index (κ3) is 2.26. The summed E-state index contributed by atoms with van der Waals surface area (Å²) in [4.78, 5) is 6.69. The molecule has 0 saturated heterocycles. The minimum atomic E-state index is 0.794. The van der Waals surface area contributed by atoms with Gasteiger partial charge in [0, 0.05) is 11.1 Å².